The minimum atomic E-state index is -0.599. The molecule has 0 saturated carbocycles. The lowest BCUT2D eigenvalue weighted by molar-refractivity contribution is 0.0548. The van der Waals surface area contributed by atoms with Gasteiger partial charge in [0.25, 0.3) is 0 Å². The van der Waals surface area contributed by atoms with Crippen LogP contribution in [0.5, 0.6) is 0 Å². The Labute approximate surface area is 210 Å². The number of esters is 2. The average molecular weight is 478 g/mol. The quantitative estimate of drug-likeness (QED) is 0.233. The number of methoxy groups -OCH3 is 2. The Hall–Kier alpha value is -4.38. The van der Waals surface area contributed by atoms with E-state index < -0.39 is 11.9 Å². The number of rotatable bonds is 7. The molecule has 1 atom stereocenters. The van der Waals surface area contributed by atoms with Crippen LogP contribution in [0.1, 0.15) is 43.5 Å². The maximum Gasteiger partial charge on any atom is 0.355 e. The maximum atomic E-state index is 12.9. The van der Waals surface area contributed by atoms with Gasteiger partial charge in [-0.2, -0.15) is 0 Å². The molecule has 0 aliphatic heterocycles. The summed E-state index contributed by atoms with van der Waals surface area (Å²) in [6.45, 7) is 4.13. The first-order valence-electron chi connectivity index (χ1n) is 11.9. The van der Waals surface area contributed by atoms with E-state index in [2.05, 4.69) is 67.2 Å². The number of carbonyl (C=O) groups excluding carboxylic acids is 2. The van der Waals surface area contributed by atoms with Crippen molar-refractivity contribution in [2.75, 3.05) is 14.2 Å². The molecular formula is C31H27NO4. The lowest BCUT2D eigenvalue weighted by atomic mass is 9.89. The van der Waals surface area contributed by atoms with Crippen LogP contribution >= 0.6 is 0 Å². The summed E-state index contributed by atoms with van der Waals surface area (Å²) in [5, 5.41) is 0. The van der Waals surface area contributed by atoms with E-state index in [4.69, 9.17) is 9.47 Å². The van der Waals surface area contributed by atoms with Crippen molar-refractivity contribution in [3.05, 3.63) is 120 Å². The van der Waals surface area contributed by atoms with E-state index in [1.807, 2.05) is 12.1 Å². The van der Waals surface area contributed by atoms with Gasteiger partial charge in [-0.3, -0.25) is 0 Å². The Kier molecular flexibility index (Phi) is 6.30. The normalized spacial score (nSPS) is 13.6. The number of carbonyl (C=O) groups is 2. The van der Waals surface area contributed by atoms with Gasteiger partial charge in [-0.1, -0.05) is 72.8 Å². The second-order valence-corrected chi connectivity index (χ2v) is 8.82. The molecule has 0 saturated heterocycles. The third-order valence-electron chi connectivity index (χ3n) is 6.82. The van der Waals surface area contributed by atoms with Crippen LogP contribution in [0.4, 0.5) is 0 Å². The first-order valence-corrected chi connectivity index (χ1v) is 11.9. The van der Waals surface area contributed by atoms with E-state index in [-0.39, 0.29) is 17.2 Å². The van der Waals surface area contributed by atoms with Crippen molar-refractivity contribution in [2.45, 2.75) is 18.9 Å². The van der Waals surface area contributed by atoms with Crippen LogP contribution in [0, 0.1) is 0 Å². The van der Waals surface area contributed by atoms with Crippen LogP contribution in [-0.2, 0) is 22.4 Å². The van der Waals surface area contributed by atoms with Gasteiger partial charge in [0.2, 0.25) is 0 Å². The first-order chi connectivity index (χ1) is 17.6. The summed E-state index contributed by atoms with van der Waals surface area (Å²) in [5.74, 6) is -0.947. The molecule has 36 heavy (non-hydrogen) atoms. The summed E-state index contributed by atoms with van der Waals surface area (Å²) in [5.41, 5.74) is 7.95. The van der Waals surface area contributed by atoms with Crippen LogP contribution < -0.4 is 0 Å². The molecular weight excluding hydrogens is 450 g/mol. The van der Waals surface area contributed by atoms with Gasteiger partial charge >= 0.3 is 11.9 Å². The van der Waals surface area contributed by atoms with E-state index >= 15 is 0 Å². The molecule has 0 N–H and O–H groups in total. The zero-order valence-corrected chi connectivity index (χ0v) is 20.4. The molecule has 1 aromatic heterocycles. The van der Waals surface area contributed by atoms with Crippen LogP contribution in [0.3, 0.4) is 0 Å². The number of hydrogen-bond acceptors (Lipinski definition) is 4. The fourth-order valence-corrected chi connectivity index (χ4v) is 5.23. The van der Waals surface area contributed by atoms with Crippen LogP contribution in [0.2, 0.25) is 0 Å². The monoisotopic (exact) mass is 477 g/mol. The van der Waals surface area contributed by atoms with Gasteiger partial charge in [-0.15, -0.1) is 6.58 Å². The van der Waals surface area contributed by atoms with Crippen molar-refractivity contribution in [1.29, 1.82) is 0 Å². The summed E-state index contributed by atoms with van der Waals surface area (Å²) in [7, 11) is 2.61. The zero-order chi connectivity index (χ0) is 25.2. The number of benzene rings is 3. The fraction of sp³-hybridized carbons (Fsp3) is 0.161. The van der Waals surface area contributed by atoms with Gasteiger partial charge in [-0.05, 0) is 45.9 Å². The molecule has 5 heteroatoms. The van der Waals surface area contributed by atoms with Crippen molar-refractivity contribution < 1.29 is 19.1 Å². The standard InChI is InChI=1S/C31H27NO4/c1-4-16-32-19-27(28(30(33)35-2)29(32)31(34)36-3)21-14-15-24-25(17-20-10-6-5-7-11-20)22-12-8-9-13-23(22)26(24)18-21/h4-15,18-19,25H,1,16-17H2,2-3H3. The van der Waals surface area contributed by atoms with Gasteiger partial charge in [0.05, 0.1) is 14.2 Å². The van der Waals surface area contributed by atoms with E-state index in [1.165, 1.54) is 36.5 Å². The maximum absolute atomic E-state index is 12.9. The third kappa shape index (κ3) is 3.93. The minimum absolute atomic E-state index is 0.155. The Morgan fingerprint density at radius 2 is 1.56 bits per heavy atom. The molecule has 1 aliphatic carbocycles. The molecule has 5 rings (SSSR count). The second kappa shape index (κ2) is 9.70. The summed E-state index contributed by atoms with van der Waals surface area (Å²) in [4.78, 5) is 25.6. The highest BCUT2D eigenvalue weighted by Gasteiger charge is 2.32. The van der Waals surface area contributed by atoms with Crippen molar-refractivity contribution in [1.82, 2.24) is 4.57 Å². The Morgan fingerprint density at radius 1 is 0.861 bits per heavy atom. The summed E-state index contributed by atoms with van der Waals surface area (Å²) < 4.78 is 11.7. The number of aromatic nitrogens is 1. The summed E-state index contributed by atoms with van der Waals surface area (Å²) in [6, 6.07) is 25.2. The van der Waals surface area contributed by atoms with Crippen molar-refractivity contribution in [3.63, 3.8) is 0 Å². The number of fused-ring (bicyclic) bond motifs is 3. The first kappa shape index (κ1) is 23.4. The molecule has 180 valence electrons. The predicted octanol–water partition coefficient (Wildman–Crippen LogP) is 6.27. The predicted molar refractivity (Wildman–Crippen MR) is 140 cm³/mol. The van der Waals surface area contributed by atoms with Crippen molar-refractivity contribution in [2.24, 2.45) is 0 Å². The van der Waals surface area contributed by atoms with Crippen LogP contribution in [0.25, 0.3) is 22.3 Å². The smallest absolute Gasteiger partial charge is 0.355 e. The van der Waals surface area contributed by atoms with E-state index in [0.717, 1.165) is 17.5 Å². The van der Waals surface area contributed by atoms with Gasteiger partial charge in [0, 0.05) is 24.2 Å². The number of hydrogen-bond donors (Lipinski definition) is 0. The third-order valence-corrected chi connectivity index (χ3v) is 6.82. The van der Waals surface area contributed by atoms with Crippen LogP contribution in [-0.4, -0.2) is 30.7 Å². The molecule has 0 fully saturated rings. The molecule has 1 heterocycles. The van der Waals surface area contributed by atoms with Crippen LogP contribution in [0.15, 0.2) is 91.6 Å². The SMILES string of the molecule is C=CCn1cc(-c2ccc3c(c2)-c2ccccc2C3Cc2ccccc2)c(C(=O)OC)c1C(=O)OC. The van der Waals surface area contributed by atoms with Gasteiger partial charge in [0.15, 0.2) is 0 Å². The lowest BCUT2D eigenvalue weighted by Gasteiger charge is -2.14. The fourth-order valence-electron chi connectivity index (χ4n) is 5.23. The molecule has 5 nitrogen and oxygen atoms in total. The number of nitrogens with zero attached hydrogens (tertiary/aromatic N) is 1. The average Bonchev–Trinajstić information content (AvgIpc) is 3.44. The summed E-state index contributed by atoms with van der Waals surface area (Å²) >= 11 is 0. The molecule has 0 radical (unpaired) electrons. The molecule has 3 aromatic carbocycles. The number of ether oxygens (including phenoxy) is 2. The molecule has 1 unspecified atom stereocenters. The molecule has 0 bridgehead atoms. The number of allylic oxidation sites excluding steroid dienone is 1. The van der Waals surface area contributed by atoms with E-state index in [9.17, 15) is 9.59 Å². The van der Waals surface area contributed by atoms with E-state index in [1.54, 1.807) is 16.8 Å². The Bertz CT molecular complexity index is 1470. The summed E-state index contributed by atoms with van der Waals surface area (Å²) in [6.07, 6.45) is 4.37. The Balaban J connectivity index is 1.67. The highest BCUT2D eigenvalue weighted by Crippen LogP contribution is 2.47. The Morgan fingerprint density at radius 3 is 2.28 bits per heavy atom. The van der Waals surface area contributed by atoms with Gasteiger partial charge in [-0.25, -0.2) is 9.59 Å². The highest BCUT2D eigenvalue weighted by molar-refractivity contribution is 6.07. The largest absolute Gasteiger partial charge is 0.465 e. The highest BCUT2D eigenvalue weighted by atomic mass is 16.5. The molecule has 0 amide bonds. The second-order valence-electron chi connectivity index (χ2n) is 8.82. The van der Waals surface area contributed by atoms with Gasteiger partial charge < -0.3 is 14.0 Å². The zero-order valence-electron chi connectivity index (χ0n) is 20.4. The lowest BCUT2D eigenvalue weighted by Crippen LogP contribution is -2.15. The molecule has 0 spiro atoms. The van der Waals surface area contributed by atoms with Gasteiger partial charge in [0.1, 0.15) is 11.3 Å². The molecule has 1 aliphatic rings. The molecule has 4 aromatic rings. The van der Waals surface area contributed by atoms with Crippen molar-refractivity contribution >= 4 is 11.9 Å². The van der Waals surface area contributed by atoms with Crippen molar-refractivity contribution in [3.8, 4) is 22.3 Å². The van der Waals surface area contributed by atoms with E-state index in [0.29, 0.717) is 12.1 Å². The minimum Gasteiger partial charge on any atom is -0.465 e. The topological polar surface area (TPSA) is 57.5 Å².